The van der Waals surface area contributed by atoms with E-state index in [-0.39, 0.29) is 6.42 Å². The van der Waals surface area contributed by atoms with Crippen LogP contribution in [0.5, 0.6) is 0 Å². The third kappa shape index (κ3) is 2.22. The number of aromatic amines is 1. The molecule has 2 heterocycles. The number of ether oxygens (including phenoxy) is 1. The van der Waals surface area contributed by atoms with Crippen LogP contribution >= 0.6 is 0 Å². The zero-order valence-corrected chi connectivity index (χ0v) is 10.6. The highest BCUT2D eigenvalue weighted by Gasteiger charge is 2.54. The van der Waals surface area contributed by atoms with Crippen molar-refractivity contribution in [2.45, 2.75) is 30.5 Å². The number of aromatic nitrogens is 2. The third-order valence-electron chi connectivity index (χ3n) is 3.39. The topological polar surface area (TPSA) is 125 Å². The maximum absolute atomic E-state index is 11.7. The minimum Gasteiger partial charge on any atom is -0.393 e. The van der Waals surface area contributed by atoms with Crippen LogP contribution in [0.25, 0.3) is 0 Å². The number of nitrogens with one attached hydrogen (secondary N) is 1. The molecule has 0 aromatic carbocycles. The van der Waals surface area contributed by atoms with Crippen LogP contribution < -0.4 is 11.2 Å². The van der Waals surface area contributed by atoms with Gasteiger partial charge in [0.1, 0.15) is 17.8 Å². The van der Waals surface area contributed by atoms with E-state index in [1.807, 2.05) is 4.98 Å². The van der Waals surface area contributed by atoms with E-state index in [0.717, 1.165) is 16.8 Å². The highest BCUT2D eigenvalue weighted by atomic mass is 16.6. The third-order valence-corrected chi connectivity index (χ3v) is 3.39. The number of aliphatic hydroxyl groups is 3. The normalized spacial score (nSPS) is 33.2. The Bertz CT molecular complexity index is 608. The quantitative estimate of drug-likeness (QED) is 0.478. The average Bonchev–Trinajstić information content (AvgIpc) is 2.65. The monoisotopic (exact) mass is 284 g/mol. The van der Waals surface area contributed by atoms with E-state index in [1.165, 1.54) is 6.08 Å². The summed E-state index contributed by atoms with van der Waals surface area (Å²) in [5.74, 6) is 0. The van der Waals surface area contributed by atoms with Gasteiger partial charge in [-0.3, -0.25) is 14.3 Å². The minimum absolute atomic E-state index is 0.0936. The summed E-state index contributed by atoms with van der Waals surface area (Å²) in [4.78, 5) is 24.7. The van der Waals surface area contributed by atoms with E-state index < -0.39 is 41.9 Å². The Morgan fingerprint density at radius 2 is 2.20 bits per heavy atom. The zero-order valence-electron chi connectivity index (χ0n) is 10.6. The summed E-state index contributed by atoms with van der Waals surface area (Å²) in [6.45, 7) is 2.95. The van der Waals surface area contributed by atoms with Crippen molar-refractivity contribution in [3.63, 3.8) is 0 Å². The first-order valence-electron chi connectivity index (χ1n) is 6.02. The predicted octanol–water partition coefficient (Wildman–Crippen LogP) is -1.91. The number of rotatable bonds is 4. The van der Waals surface area contributed by atoms with E-state index in [9.17, 15) is 24.9 Å². The van der Waals surface area contributed by atoms with Gasteiger partial charge >= 0.3 is 5.69 Å². The summed E-state index contributed by atoms with van der Waals surface area (Å²) in [5.41, 5.74) is -2.79. The molecule has 1 fully saturated rings. The van der Waals surface area contributed by atoms with E-state index in [2.05, 4.69) is 6.58 Å². The molecule has 1 aliphatic heterocycles. The molecule has 1 aliphatic rings. The number of nitrogens with zero attached hydrogens (tertiary/aromatic N) is 1. The molecule has 1 saturated heterocycles. The molecule has 110 valence electrons. The van der Waals surface area contributed by atoms with E-state index in [0.29, 0.717) is 0 Å². The second-order valence-electron chi connectivity index (χ2n) is 4.68. The predicted molar refractivity (Wildman–Crippen MR) is 68.1 cm³/mol. The van der Waals surface area contributed by atoms with Crippen molar-refractivity contribution in [1.29, 1.82) is 0 Å². The summed E-state index contributed by atoms with van der Waals surface area (Å²) in [6, 6.07) is 1.09. The lowest BCUT2D eigenvalue weighted by Gasteiger charge is -2.28. The molecule has 8 heteroatoms. The standard InChI is InChI=1S/C12H16N2O6/c1-2-4-12(6-15)9(18)8(17)10(20-12)14-5-3-7(16)13-11(14)19/h2-3,5,8-10,15,17-18H,1,4,6H2,(H,13,16,19). The molecular formula is C12H16N2O6. The fraction of sp³-hybridized carbons (Fsp3) is 0.500. The molecule has 0 aliphatic carbocycles. The molecule has 0 saturated carbocycles. The van der Waals surface area contributed by atoms with Crippen LogP contribution in [0, 0.1) is 0 Å². The second kappa shape index (κ2) is 5.33. The Kier molecular flexibility index (Phi) is 3.91. The van der Waals surface area contributed by atoms with Crippen molar-refractivity contribution in [1.82, 2.24) is 9.55 Å². The molecule has 4 atom stereocenters. The molecule has 20 heavy (non-hydrogen) atoms. The van der Waals surface area contributed by atoms with Crippen molar-refractivity contribution >= 4 is 0 Å². The summed E-state index contributed by atoms with van der Waals surface area (Å²) < 4.78 is 6.44. The van der Waals surface area contributed by atoms with Gasteiger partial charge in [0.2, 0.25) is 0 Å². The Hall–Kier alpha value is -1.74. The average molecular weight is 284 g/mol. The summed E-state index contributed by atoms with van der Waals surface area (Å²) >= 11 is 0. The summed E-state index contributed by atoms with van der Waals surface area (Å²) in [6.07, 6.45) is -1.34. The van der Waals surface area contributed by atoms with Gasteiger partial charge in [0, 0.05) is 12.3 Å². The Balaban J connectivity index is 2.42. The van der Waals surface area contributed by atoms with Crippen LogP contribution in [0.2, 0.25) is 0 Å². The summed E-state index contributed by atoms with van der Waals surface area (Å²) in [5, 5.41) is 29.5. The second-order valence-corrected chi connectivity index (χ2v) is 4.68. The van der Waals surface area contributed by atoms with Gasteiger partial charge in [0.05, 0.1) is 6.61 Å². The van der Waals surface area contributed by atoms with Crippen molar-refractivity contribution in [2.75, 3.05) is 6.61 Å². The Morgan fingerprint density at radius 1 is 1.50 bits per heavy atom. The van der Waals surface area contributed by atoms with Gasteiger partial charge < -0.3 is 20.1 Å². The van der Waals surface area contributed by atoms with E-state index in [4.69, 9.17) is 4.74 Å². The maximum atomic E-state index is 11.7. The molecule has 0 spiro atoms. The molecule has 4 unspecified atom stereocenters. The molecule has 4 N–H and O–H groups in total. The lowest BCUT2D eigenvalue weighted by Crippen LogP contribution is -2.45. The first-order chi connectivity index (χ1) is 9.45. The molecule has 2 rings (SSSR count). The van der Waals surface area contributed by atoms with Crippen LogP contribution in [0.4, 0.5) is 0 Å². The highest BCUT2D eigenvalue weighted by Crippen LogP contribution is 2.38. The largest absolute Gasteiger partial charge is 0.393 e. The maximum Gasteiger partial charge on any atom is 0.330 e. The smallest absolute Gasteiger partial charge is 0.330 e. The molecule has 8 nitrogen and oxygen atoms in total. The SMILES string of the molecule is C=CCC1(CO)OC(n2ccc(=O)[nH]c2=O)C(O)C1O. The van der Waals surface area contributed by atoms with Crippen molar-refractivity contribution in [3.8, 4) is 0 Å². The molecular weight excluding hydrogens is 268 g/mol. The fourth-order valence-electron chi connectivity index (χ4n) is 2.30. The van der Waals surface area contributed by atoms with Gasteiger partial charge in [-0.2, -0.15) is 0 Å². The van der Waals surface area contributed by atoms with Crippen LogP contribution in [0.1, 0.15) is 12.6 Å². The molecule has 0 radical (unpaired) electrons. The Labute approximate surface area is 113 Å². The van der Waals surface area contributed by atoms with Crippen molar-refractivity contribution in [2.24, 2.45) is 0 Å². The molecule has 1 aromatic rings. The van der Waals surface area contributed by atoms with Crippen LogP contribution in [0.3, 0.4) is 0 Å². The molecule has 1 aromatic heterocycles. The minimum atomic E-state index is -1.43. The summed E-state index contributed by atoms with van der Waals surface area (Å²) in [7, 11) is 0. The first-order valence-corrected chi connectivity index (χ1v) is 6.02. The number of hydrogen-bond acceptors (Lipinski definition) is 6. The van der Waals surface area contributed by atoms with Crippen LogP contribution in [0.15, 0.2) is 34.5 Å². The number of aliphatic hydroxyl groups excluding tert-OH is 3. The van der Waals surface area contributed by atoms with E-state index >= 15 is 0 Å². The lowest BCUT2D eigenvalue weighted by molar-refractivity contribution is -0.127. The van der Waals surface area contributed by atoms with Gasteiger partial charge in [-0.1, -0.05) is 6.08 Å². The fourth-order valence-corrected chi connectivity index (χ4v) is 2.30. The molecule has 0 amide bonds. The van der Waals surface area contributed by atoms with E-state index in [1.54, 1.807) is 0 Å². The lowest BCUT2D eigenvalue weighted by atomic mass is 9.92. The van der Waals surface area contributed by atoms with Gasteiger partial charge in [-0.05, 0) is 6.42 Å². The van der Waals surface area contributed by atoms with Crippen LogP contribution in [-0.2, 0) is 4.74 Å². The van der Waals surface area contributed by atoms with Crippen LogP contribution in [-0.4, -0.2) is 49.3 Å². The van der Waals surface area contributed by atoms with Gasteiger partial charge in [0.25, 0.3) is 5.56 Å². The highest BCUT2D eigenvalue weighted by molar-refractivity contribution is 5.04. The number of H-pyrrole nitrogens is 1. The number of hydrogen-bond donors (Lipinski definition) is 4. The van der Waals surface area contributed by atoms with Gasteiger partial charge in [0.15, 0.2) is 6.23 Å². The molecule has 0 bridgehead atoms. The Morgan fingerprint density at radius 3 is 2.75 bits per heavy atom. The van der Waals surface area contributed by atoms with Gasteiger partial charge in [-0.25, -0.2) is 4.79 Å². The van der Waals surface area contributed by atoms with Crippen molar-refractivity contribution in [3.05, 3.63) is 45.8 Å². The van der Waals surface area contributed by atoms with Gasteiger partial charge in [-0.15, -0.1) is 6.58 Å². The zero-order chi connectivity index (χ0) is 14.9. The van der Waals surface area contributed by atoms with Crippen molar-refractivity contribution < 1.29 is 20.1 Å². The first kappa shape index (κ1) is 14.7.